The van der Waals surface area contributed by atoms with E-state index in [0.717, 1.165) is 0 Å². The molecule has 74 valence electrons. The first-order valence-corrected chi connectivity index (χ1v) is 5.00. The van der Waals surface area contributed by atoms with Gasteiger partial charge in [0.1, 0.15) is 0 Å². The minimum absolute atomic E-state index is 0.166. The van der Waals surface area contributed by atoms with Crippen molar-refractivity contribution in [2.45, 2.75) is 12.5 Å². The maximum absolute atomic E-state index is 11.0. The summed E-state index contributed by atoms with van der Waals surface area (Å²) in [6.45, 7) is 0. The van der Waals surface area contributed by atoms with Gasteiger partial charge in [0.25, 0.3) is 0 Å². The molecular formula is C9H8INO3. The van der Waals surface area contributed by atoms with Crippen LogP contribution in [0.4, 0.5) is 0 Å². The van der Waals surface area contributed by atoms with E-state index in [2.05, 4.69) is 0 Å². The van der Waals surface area contributed by atoms with Gasteiger partial charge in [-0.15, -0.1) is 0 Å². The quantitative estimate of drug-likeness (QED) is 0.352. The van der Waals surface area contributed by atoms with Crippen LogP contribution in [0, 0.1) is 0 Å². The Morgan fingerprint density at radius 3 is 2.50 bits per heavy atom. The number of ketones is 2. The van der Waals surface area contributed by atoms with Gasteiger partial charge in [-0.2, -0.15) is 0 Å². The maximum Gasteiger partial charge on any atom is 0.225 e. The first kappa shape index (κ1) is 11.3. The molecule has 0 saturated carbocycles. The van der Waals surface area contributed by atoms with Crippen LogP contribution in [0.2, 0.25) is 0 Å². The molecule has 1 unspecified atom stereocenters. The Balaban J connectivity index is 2.68. The van der Waals surface area contributed by atoms with Crippen LogP contribution in [0.3, 0.4) is 0 Å². The van der Waals surface area contributed by atoms with Crippen LogP contribution in [-0.4, -0.2) is 21.4 Å². The number of carbonyl (C=O) groups excluding carboxylic acids is 3. The largest absolute Gasteiger partial charge is 0.321 e. The Hall–Kier alpha value is -0.820. The van der Waals surface area contributed by atoms with Crippen molar-refractivity contribution in [2.75, 3.05) is 0 Å². The number of halogens is 1. The van der Waals surface area contributed by atoms with E-state index in [1.54, 1.807) is 22.6 Å². The number of carbonyl (C=O) groups is 3. The van der Waals surface area contributed by atoms with Crippen LogP contribution < -0.4 is 5.73 Å². The Morgan fingerprint density at radius 2 is 2.00 bits per heavy atom. The van der Waals surface area contributed by atoms with Gasteiger partial charge in [-0.3, -0.25) is 14.4 Å². The monoisotopic (exact) mass is 305 g/mol. The van der Waals surface area contributed by atoms with Gasteiger partial charge >= 0.3 is 0 Å². The van der Waals surface area contributed by atoms with Crippen molar-refractivity contribution >= 4 is 37.9 Å². The van der Waals surface area contributed by atoms with Crippen LogP contribution in [-0.2, 0) is 14.4 Å². The third-order valence-corrected chi connectivity index (χ3v) is 2.56. The molecule has 0 radical (unpaired) electrons. The smallest absolute Gasteiger partial charge is 0.225 e. The fraction of sp³-hybridized carbons (Fsp3) is 0.222. The lowest BCUT2D eigenvalue weighted by molar-refractivity contribution is -0.131. The van der Waals surface area contributed by atoms with E-state index >= 15 is 0 Å². The highest BCUT2D eigenvalue weighted by molar-refractivity contribution is 14.1. The fourth-order valence-electron chi connectivity index (χ4n) is 1.01. The van der Waals surface area contributed by atoms with Gasteiger partial charge in [-0.1, -0.05) is 6.08 Å². The van der Waals surface area contributed by atoms with Crippen molar-refractivity contribution in [2.24, 2.45) is 5.73 Å². The highest BCUT2D eigenvalue weighted by Gasteiger charge is 2.17. The van der Waals surface area contributed by atoms with Crippen LogP contribution in [0.15, 0.2) is 23.8 Å². The van der Waals surface area contributed by atoms with Crippen molar-refractivity contribution in [1.29, 1.82) is 0 Å². The zero-order valence-corrected chi connectivity index (χ0v) is 9.35. The molecule has 0 heterocycles. The molecule has 0 spiro atoms. The molecule has 1 aliphatic carbocycles. The van der Waals surface area contributed by atoms with Crippen molar-refractivity contribution in [3.05, 3.63) is 23.8 Å². The van der Waals surface area contributed by atoms with Gasteiger partial charge in [0.05, 0.1) is 6.04 Å². The molecular weight excluding hydrogens is 297 g/mol. The lowest BCUT2D eigenvalue weighted by Gasteiger charge is -2.09. The third kappa shape index (κ3) is 2.85. The fourth-order valence-corrected chi connectivity index (χ4v) is 1.23. The summed E-state index contributed by atoms with van der Waals surface area (Å²) >= 11 is 1.61. The molecule has 0 aromatic carbocycles. The van der Waals surface area contributed by atoms with Crippen LogP contribution >= 0.6 is 22.6 Å². The van der Waals surface area contributed by atoms with E-state index < -0.39 is 17.6 Å². The Bertz CT molecular complexity index is 357. The van der Waals surface area contributed by atoms with Crippen molar-refractivity contribution in [1.82, 2.24) is 0 Å². The molecule has 5 heteroatoms. The second-order valence-electron chi connectivity index (χ2n) is 2.90. The van der Waals surface area contributed by atoms with Crippen molar-refractivity contribution in [3.63, 3.8) is 0 Å². The zero-order chi connectivity index (χ0) is 10.7. The molecule has 0 aromatic rings. The maximum atomic E-state index is 11.0. The number of nitrogens with two attached hydrogens (primary N) is 1. The number of hydrogen-bond donors (Lipinski definition) is 1. The van der Waals surface area contributed by atoms with Gasteiger partial charge in [0.2, 0.25) is 15.4 Å². The summed E-state index contributed by atoms with van der Waals surface area (Å²) in [5.74, 6) is -1.10. The topological polar surface area (TPSA) is 77.2 Å². The van der Waals surface area contributed by atoms with E-state index in [0.29, 0.717) is 5.57 Å². The highest BCUT2D eigenvalue weighted by atomic mass is 127. The standard InChI is InChI=1S/C9H8INO3/c10-9(14)6(11)3-5-1-2-7(12)8(13)4-5/h1-2,4,6H,3,11H2. The molecule has 14 heavy (non-hydrogen) atoms. The highest BCUT2D eigenvalue weighted by Crippen LogP contribution is 2.12. The van der Waals surface area contributed by atoms with Gasteiger partial charge in [-0.25, -0.2) is 0 Å². The summed E-state index contributed by atoms with van der Waals surface area (Å²) in [7, 11) is 0. The number of allylic oxidation sites excluding steroid dienone is 3. The van der Waals surface area contributed by atoms with Crippen molar-refractivity contribution < 1.29 is 14.4 Å². The van der Waals surface area contributed by atoms with Gasteiger partial charge in [-0.05, 0) is 24.1 Å². The molecule has 0 amide bonds. The third-order valence-electron chi connectivity index (χ3n) is 1.76. The second kappa shape index (κ2) is 4.61. The zero-order valence-electron chi connectivity index (χ0n) is 7.20. The average molecular weight is 305 g/mol. The Kier molecular flexibility index (Phi) is 3.70. The first-order valence-electron chi connectivity index (χ1n) is 3.92. The lowest BCUT2D eigenvalue weighted by atomic mass is 10.00. The normalized spacial score (nSPS) is 18.0. The molecule has 0 aromatic heterocycles. The number of hydrogen-bond acceptors (Lipinski definition) is 4. The predicted octanol–water partition coefficient (Wildman–Crippen LogP) is 0.300. The summed E-state index contributed by atoms with van der Waals surface area (Å²) in [4.78, 5) is 32.6. The van der Waals surface area contributed by atoms with Crippen LogP contribution in [0.5, 0.6) is 0 Å². The van der Waals surface area contributed by atoms with Crippen LogP contribution in [0.1, 0.15) is 6.42 Å². The molecule has 0 fully saturated rings. The summed E-state index contributed by atoms with van der Waals surface area (Å²) in [5.41, 5.74) is 6.12. The SMILES string of the molecule is NC(CC1=CC(=O)C(=O)C=C1)C(=O)I. The summed E-state index contributed by atoms with van der Waals surface area (Å²) in [6.07, 6.45) is 4.23. The average Bonchev–Trinajstić information content (AvgIpc) is 2.11. The summed E-state index contributed by atoms with van der Waals surface area (Å²) in [6, 6.07) is -0.618. The Labute approximate surface area is 94.4 Å². The summed E-state index contributed by atoms with van der Waals surface area (Å²) < 4.78 is -0.166. The summed E-state index contributed by atoms with van der Waals surface area (Å²) in [5, 5.41) is 0. The minimum atomic E-state index is -0.618. The predicted molar refractivity (Wildman–Crippen MR) is 58.9 cm³/mol. The van der Waals surface area contributed by atoms with Crippen LogP contribution in [0.25, 0.3) is 0 Å². The van der Waals surface area contributed by atoms with Gasteiger partial charge in [0.15, 0.2) is 0 Å². The first-order chi connectivity index (χ1) is 6.50. The van der Waals surface area contributed by atoms with E-state index in [1.807, 2.05) is 0 Å². The van der Waals surface area contributed by atoms with E-state index in [1.165, 1.54) is 18.2 Å². The molecule has 1 atom stereocenters. The van der Waals surface area contributed by atoms with E-state index in [9.17, 15) is 14.4 Å². The van der Waals surface area contributed by atoms with Gasteiger partial charge in [0, 0.05) is 22.6 Å². The Morgan fingerprint density at radius 1 is 1.36 bits per heavy atom. The molecule has 4 nitrogen and oxygen atoms in total. The molecule has 0 bridgehead atoms. The van der Waals surface area contributed by atoms with Gasteiger partial charge < -0.3 is 5.73 Å². The second-order valence-corrected chi connectivity index (χ2v) is 3.96. The molecule has 0 aliphatic heterocycles. The number of rotatable bonds is 3. The van der Waals surface area contributed by atoms with Crippen molar-refractivity contribution in [3.8, 4) is 0 Å². The van der Waals surface area contributed by atoms with E-state index in [-0.39, 0.29) is 10.2 Å². The minimum Gasteiger partial charge on any atom is -0.321 e. The van der Waals surface area contributed by atoms with E-state index in [4.69, 9.17) is 5.73 Å². The molecule has 2 N–H and O–H groups in total. The molecule has 1 aliphatic rings. The molecule has 0 saturated heterocycles. The molecule has 1 rings (SSSR count). The lowest BCUT2D eigenvalue weighted by Crippen LogP contribution is -2.27.